The molecule has 0 unspecified atom stereocenters. The first-order valence-electron chi connectivity index (χ1n) is 9.12. The zero-order chi connectivity index (χ0) is 20.8. The van der Waals surface area contributed by atoms with Gasteiger partial charge in [-0.25, -0.2) is 4.98 Å². The van der Waals surface area contributed by atoms with Gasteiger partial charge in [-0.1, -0.05) is 11.6 Å². The van der Waals surface area contributed by atoms with Crippen molar-refractivity contribution in [1.29, 1.82) is 0 Å². The molecule has 2 aromatic rings. The number of fused-ring (bicyclic) bond motifs is 1. The number of ether oxygens (including phenoxy) is 1. The molecule has 0 saturated carbocycles. The van der Waals surface area contributed by atoms with Crippen LogP contribution in [0.15, 0.2) is 29.0 Å². The van der Waals surface area contributed by atoms with Crippen molar-refractivity contribution in [1.82, 2.24) is 20.5 Å². The SMILES string of the molecule is Cc1ocnc1C(=O)N1CCCNC(=O)c2cc(Cl)ccc2OCCNC(=O)C1. The molecule has 0 radical (unpaired) electrons. The Balaban J connectivity index is 1.74. The highest BCUT2D eigenvalue weighted by Gasteiger charge is 2.23. The lowest BCUT2D eigenvalue weighted by molar-refractivity contribution is -0.121. The van der Waals surface area contributed by atoms with Crippen molar-refractivity contribution < 1.29 is 23.5 Å². The summed E-state index contributed by atoms with van der Waals surface area (Å²) in [5.74, 6) is -0.283. The Bertz CT molecular complexity index is 914. The maximum Gasteiger partial charge on any atom is 0.276 e. The quantitative estimate of drug-likeness (QED) is 0.721. The lowest BCUT2D eigenvalue weighted by Crippen LogP contribution is -2.43. The molecule has 0 atom stereocenters. The van der Waals surface area contributed by atoms with E-state index in [9.17, 15) is 14.4 Å². The molecule has 9 nitrogen and oxygen atoms in total. The number of nitrogens with zero attached hydrogens (tertiary/aromatic N) is 2. The van der Waals surface area contributed by atoms with Crippen LogP contribution in [-0.2, 0) is 4.79 Å². The second-order valence-corrected chi connectivity index (χ2v) is 6.87. The molecule has 0 saturated heterocycles. The Morgan fingerprint density at radius 3 is 2.83 bits per heavy atom. The molecule has 154 valence electrons. The van der Waals surface area contributed by atoms with E-state index in [1.54, 1.807) is 19.1 Å². The van der Waals surface area contributed by atoms with Gasteiger partial charge in [0.2, 0.25) is 5.91 Å². The van der Waals surface area contributed by atoms with Crippen molar-refractivity contribution in [2.45, 2.75) is 13.3 Å². The first kappa shape index (κ1) is 20.7. The summed E-state index contributed by atoms with van der Waals surface area (Å²) in [6, 6.07) is 4.77. The number of benzene rings is 1. The van der Waals surface area contributed by atoms with E-state index in [0.717, 1.165) is 0 Å². The molecule has 0 fully saturated rings. The number of oxazole rings is 1. The Morgan fingerprint density at radius 2 is 2.07 bits per heavy atom. The van der Waals surface area contributed by atoms with Gasteiger partial charge in [0.05, 0.1) is 18.7 Å². The minimum absolute atomic E-state index is 0.134. The summed E-state index contributed by atoms with van der Waals surface area (Å²) in [4.78, 5) is 42.8. The molecular formula is C19H21ClN4O5. The fraction of sp³-hybridized carbons (Fsp3) is 0.368. The third-order valence-electron chi connectivity index (χ3n) is 4.33. The van der Waals surface area contributed by atoms with Gasteiger partial charge >= 0.3 is 0 Å². The lowest BCUT2D eigenvalue weighted by atomic mass is 10.2. The molecule has 2 heterocycles. The standard InChI is InChI=1S/C19H21ClN4O5/c1-12-17(23-11-29-12)19(27)24-7-2-5-22-18(26)14-9-13(20)3-4-15(14)28-8-6-21-16(25)10-24/h3-4,9,11H,2,5-8,10H2,1H3,(H,21,25)(H,22,26). The third kappa shape index (κ3) is 5.26. The molecule has 0 aliphatic carbocycles. The smallest absolute Gasteiger partial charge is 0.276 e. The van der Waals surface area contributed by atoms with Crippen molar-refractivity contribution in [3.8, 4) is 5.75 Å². The fourth-order valence-corrected chi connectivity index (χ4v) is 3.04. The Labute approximate surface area is 172 Å². The number of carbonyl (C=O) groups excluding carboxylic acids is 3. The molecule has 0 bridgehead atoms. The number of amides is 3. The number of hydrogen-bond acceptors (Lipinski definition) is 6. The van der Waals surface area contributed by atoms with Gasteiger partial charge in [0.1, 0.15) is 18.1 Å². The molecule has 1 aliphatic heterocycles. The Kier molecular flexibility index (Phi) is 6.71. The van der Waals surface area contributed by atoms with Crippen molar-refractivity contribution in [3.63, 3.8) is 0 Å². The second-order valence-electron chi connectivity index (χ2n) is 6.43. The van der Waals surface area contributed by atoms with E-state index in [2.05, 4.69) is 15.6 Å². The van der Waals surface area contributed by atoms with Gasteiger partial charge in [-0.05, 0) is 31.5 Å². The van der Waals surface area contributed by atoms with Crippen molar-refractivity contribution >= 4 is 29.3 Å². The van der Waals surface area contributed by atoms with E-state index in [0.29, 0.717) is 35.1 Å². The number of aryl methyl sites for hydroxylation is 1. The predicted molar refractivity (Wildman–Crippen MR) is 104 cm³/mol. The Morgan fingerprint density at radius 1 is 1.24 bits per heavy atom. The maximum absolute atomic E-state index is 12.7. The average Bonchev–Trinajstić information content (AvgIpc) is 3.13. The topological polar surface area (TPSA) is 114 Å². The predicted octanol–water partition coefficient (Wildman–Crippen LogP) is 1.41. The third-order valence-corrected chi connectivity index (χ3v) is 4.56. The fourth-order valence-electron chi connectivity index (χ4n) is 2.87. The van der Waals surface area contributed by atoms with Crippen LogP contribution in [0.1, 0.15) is 33.0 Å². The maximum atomic E-state index is 12.7. The zero-order valence-electron chi connectivity index (χ0n) is 15.9. The molecule has 1 aromatic carbocycles. The van der Waals surface area contributed by atoms with Gasteiger partial charge in [0.15, 0.2) is 12.1 Å². The summed E-state index contributed by atoms with van der Waals surface area (Å²) < 4.78 is 10.7. The van der Waals surface area contributed by atoms with E-state index >= 15 is 0 Å². The van der Waals surface area contributed by atoms with Gasteiger partial charge in [-0.15, -0.1) is 0 Å². The first-order valence-corrected chi connectivity index (χ1v) is 9.50. The molecular weight excluding hydrogens is 400 g/mol. The van der Waals surface area contributed by atoms with Crippen LogP contribution in [0, 0.1) is 6.92 Å². The monoisotopic (exact) mass is 420 g/mol. The van der Waals surface area contributed by atoms with Gasteiger partial charge in [-0.2, -0.15) is 0 Å². The molecule has 10 heteroatoms. The van der Waals surface area contributed by atoms with E-state index in [4.69, 9.17) is 20.8 Å². The highest BCUT2D eigenvalue weighted by atomic mass is 35.5. The molecule has 1 aliphatic rings. The summed E-state index contributed by atoms with van der Waals surface area (Å²) >= 11 is 6.00. The molecule has 2 N–H and O–H groups in total. The number of aromatic nitrogens is 1. The number of carbonyl (C=O) groups is 3. The van der Waals surface area contributed by atoms with Crippen LogP contribution < -0.4 is 15.4 Å². The van der Waals surface area contributed by atoms with Gasteiger partial charge < -0.3 is 24.7 Å². The van der Waals surface area contributed by atoms with E-state index in [1.807, 2.05) is 0 Å². The minimum atomic E-state index is -0.404. The van der Waals surface area contributed by atoms with Gasteiger partial charge in [0, 0.05) is 18.1 Å². The minimum Gasteiger partial charge on any atom is -0.491 e. The van der Waals surface area contributed by atoms with Crippen LogP contribution in [0.3, 0.4) is 0 Å². The van der Waals surface area contributed by atoms with Gasteiger partial charge in [-0.3, -0.25) is 14.4 Å². The summed E-state index contributed by atoms with van der Waals surface area (Å²) in [7, 11) is 0. The van der Waals surface area contributed by atoms with Crippen molar-refractivity contribution in [2.75, 3.05) is 32.8 Å². The van der Waals surface area contributed by atoms with Gasteiger partial charge in [0.25, 0.3) is 11.8 Å². The molecule has 0 spiro atoms. The molecule has 1 aromatic heterocycles. The number of halogens is 1. The normalized spacial score (nSPS) is 16.1. The number of rotatable bonds is 1. The van der Waals surface area contributed by atoms with Crippen LogP contribution in [0.2, 0.25) is 5.02 Å². The zero-order valence-corrected chi connectivity index (χ0v) is 16.6. The first-order chi connectivity index (χ1) is 14.0. The number of nitrogens with one attached hydrogen (secondary N) is 2. The van der Waals surface area contributed by atoms with Crippen molar-refractivity contribution in [3.05, 3.63) is 46.6 Å². The summed E-state index contributed by atoms with van der Waals surface area (Å²) in [5.41, 5.74) is 0.474. The molecule has 3 rings (SSSR count). The van der Waals surface area contributed by atoms with E-state index in [-0.39, 0.29) is 43.7 Å². The van der Waals surface area contributed by atoms with Crippen LogP contribution >= 0.6 is 11.6 Å². The Hall–Kier alpha value is -3.07. The highest BCUT2D eigenvalue weighted by Crippen LogP contribution is 2.23. The van der Waals surface area contributed by atoms with Crippen LogP contribution in [0.5, 0.6) is 5.75 Å². The summed E-state index contributed by atoms with van der Waals surface area (Å²) in [5, 5.41) is 5.91. The van der Waals surface area contributed by atoms with Crippen LogP contribution in [-0.4, -0.2) is 60.4 Å². The highest BCUT2D eigenvalue weighted by molar-refractivity contribution is 6.31. The van der Waals surface area contributed by atoms with Crippen LogP contribution in [0.4, 0.5) is 0 Å². The number of hydrogen-bond donors (Lipinski definition) is 2. The lowest BCUT2D eigenvalue weighted by Gasteiger charge is -2.22. The van der Waals surface area contributed by atoms with E-state index < -0.39 is 5.91 Å². The second kappa shape index (κ2) is 9.42. The van der Waals surface area contributed by atoms with Crippen molar-refractivity contribution in [2.24, 2.45) is 0 Å². The summed E-state index contributed by atoms with van der Waals surface area (Å²) in [6.07, 6.45) is 1.63. The van der Waals surface area contributed by atoms with Crippen LogP contribution in [0.25, 0.3) is 0 Å². The van der Waals surface area contributed by atoms with E-state index in [1.165, 1.54) is 17.4 Å². The molecule has 29 heavy (non-hydrogen) atoms. The molecule has 3 amide bonds. The average molecular weight is 421 g/mol. The largest absolute Gasteiger partial charge is 0.491 e. The summed E-state index contributed by atoms with van der Waals surface area (Å²) in [6.45, 7) is 2.43.